The van der Waals surface area contributed by atoms with Gasteiger partial charge in [-0.25, -0.2) is 8.42 Å². The normalized spacial score (nSPS) is 18.1. The van der Waals surface area contributed by atoms with Crippen molar-refractivity contribution >= 4 is 15.7 Å². The van der Waals surface area contributed by atoms with Crippen LogP contribution in [0.4, 0.5) is 0 Å². The summed E-state index contributed by atoms with van der Waals surface area (Å²) in [5.41, 5.74) is 2.92. The number of carbonyl (C=O) groups excluding carboxylic acids is 1. The van der Waals surface area contributed by atoms with Crippen LogP contribution in [0.1, 0.15) is 34.6 Å². The number of amides is 1. The molecule has 0 saturated carbocycles. The average Bonchev–Trinajstić information content (AvgIpc) is 3.43. The van der Waals surface area contributed by atoms with Gasteiger partial charge in [-0.3, -0.25) is 9.48 Å². The van der Waals surface area contributed by atoms with Crippen LogP contribution < -0.4 is 10.1 Å². The molecule has 2 aromatic carbocycles. The third-order valence-corrected chi connectivity index (χ3v) is 7.92. The Labute approximate surface area is 200 Å². The van der Waals surface area contributed by atoms with E-state index in [0.717, 1.165) is 11.1 Å². The number of sulfone groups is 1. The van der Waals surface area contributed by atoms with Gasteiger partial charge in [0, 0.05) is 12.1 Å². The van der Waals surface area contributed by atoms with E-state index in [1.807, 2.05) is 68.7 Å². The molecule has 34 heavy (non-hydrogen) atoms. The molecule has 2 atom stereocenters. The summed E-state index contributed by atoms with van der Waals surface area (Å²) in [5, 5.41) is 7.57. The summed E-state index contributed by atoms with van der Waals surface area (Å²) >= 11 is 0. The van der Waals surface area contributed by atoms with E-state index in [-0.39, 0.29) is 35.2 Å². The number of nitrogens with one attached hydrogen (secondary N) is 1. The molecule has 0 spiro atoms. The number of rotatable bonds is 8. The molecule has 1 saturated heterocycles. The van der Waals surface area contributed by atoms with Crippen LogP contribution in [0.3, 0.4) is 0 Å². The van der Waals surface area contributed by atoms with Crippen molar-refractivity contribution in [1.29, 1.82) is 0 Å². The van der Waals surface area contributed by atoms with Gasteiger partial charge in [0.15, 0.2) is 15.5 Å². The van der Waals surface area contributed by atoms with E-state index < -0.39 is 9.84 Å². The second-order valence-electron chi connectivity index (χ2n) is 8.74. The quantitative estimate of drug-likeness (QED) is 0.531. The zero-order valence-electron chi connectivity index (χ0n) is 19.6. The van der Waals surface area contributed by atoms with Crippen LogP contribution in [0, 0.1) is 0 Å². The first kappa shape index (κ1) is 24.0. The third-order valence-electron chi connectivity index (χ3n) is 6.17. The molecule has 0 bridgehead atoms. The molecule has 1 aromatic heterocycles. The van der Waals surface area contributed by atoms with Crippen molar-refractivity contribution in [1.82, 2.24) is 20.0 Å². The van der Waals surface area contributed by atoms with Gasteiger partial charge in [-0.15, -0.1) is 0 Å². The maximum Gasteiger partial charge on any atom is 0.271 e. The number of benzene rings is 2. The molecule has 4 rings (SSSR count). The lowest BCUT2D eigenvalue weighted by Gasteiger charge is -2.24. The predicted octanol–water partition coefficient (Wildman–Crippen LogP) is 2.95. The van der Waals surface area contributed by atoms with Crippen molar-refractivity contribution in [3.63, 3.8) is 0 Å². The Hall–Kier alpha value is -3.17. The Morgan fingerprint density at radius 1 is 1.18 bits per heavy atom. The van der Waals surface area contributed by atoms with Crippen molar-refractivity contribution < 1.29 is 17.9 Å². The van der Waals surface area contributed by atoms with E-state index in [1.165, 1.54) is 0 Å². The number of nitrogens with zero attached hydrogens (tertiary/aromatic N) is 3. The van der Waals surface area contributed by atoms with Gasteiger partial charge in [-0.05, 0) is 56.4 Å². The zero-order chi connectivity index (χ0) is 24.3. The highest BCUT2D eigenvalue weighted by atomic mass is 32.2. The number of likely N-dealkylation sites (N-methyl/N-ethyl adjacent to an activating group) is 1. The molecule has 1 aliphatic rings. The maximum atomic E-state index is 13.1. The minimum atomic E-state index is -3.11. The predicted molar refractivity (Wildman–Crippen MR) is 132 cm³/mol. The van der Waals surface area contributed by atoms with E-state index in [1.54, 1.807) is 17.9 Å². The van der Waals surface area contributed by atoms with Gasteiger partial charge < -0.3 is 15.0 Å². The molecule has 180 valence electrons. The minimum absolute atomic E-state index is 0.00766. The fourth-order valence-corrected chi connectivity index (χ4v) is 5.98. The minimum Gasteiger partial charge on any atom is -0.497 e. The van der Waals surface area contributed by atoms with Crippen molar-refractivity contribution in [3.8, 4) is 17.0 Å². The highest BCUT2D eigenvalue weighted by Gasteiger charge is 2.32. The SMILES string of the molecule is COc1ccc(-c2cc(C(=O)NC[C@@H](c3ccccc3)N(C)C)nn2[C@@H]2CCS(=O)(=O)C2)cc1. The van der Waals surface area contributed by atoms with Crippen LogP contribution in [0.5, 0.6) is 5.75 Å². The van der Waals surface area contributed by atoms with Crippen molar-refractivity contribution in [2.45, 2.75) is 18.5 Å². The maximum absolute atomic E-state index is 13.1. The first-order valence-electron chi connectivity index (χ1n) is 11.2. The smallest absolute Gasteiger partial charge is 0.271 e. The van der Waals surface area contributed by atoms with Gasteiger partial charge in [0.25, 0.3) is 5.91 Å². The monoisotopic (exact) mass is 482 g/mol. The summed E-state index contributed by atoms with van der Waals surface area (Å²) in [4.78, 5) is 15.2. The number of ether oxygens (including phenoxy) is 1. The van der Waals surface area contributed by atoms with Crippen LogP contribution >= 0.6 is 0 Å². The molecule has 9 heteroatoms. The van der Waals surface area contributed by atoms with Crippen LogP contribution in [0.25, 0.3) is 11.3 Å². The highest BCUT2D eigenvalue weighted by Crippen LogP contribution is 2.31. The van der Waals surface area contributed by atoms with Gasteiger partial charge in [-0.2, -0.15) is 5.10 Å². The number of methoxy groups -OCH3 is 1. The number of aromatic nitrogens is 2. The van der Waals surface area contributed by atoms with Crippen LogP contribution in [0.2, 0.25) is 0 Å². The molecule has 0 unspecified atom stereocenters. The Kier molecular flexibility index (Phi) is 7.04. The summed E-state index contributed by atoms with van der Waals surface area (Å²) in [5.74, 6) is 0.571. The molecule has 2 heterocycles. The summed E-state index contributed by atoms with van der Waals surface area (Å²) in [7, 11) is 2.43. The molecule has 0 aliphatic carbocycles. The average molecular weight is 483 g/mol. The van der Waals surface area contributed by atoms with Gasteiger partial charge >= 0.3 is 0 Å². The fourth-order valence-electron chi connectivity index (χ4n) is 4.28. The lowest BCUT2D eigenvalue weighted by molar-refractivity contribution is 0.0936. The molecule has 1 amide bonds. The van der Waals surface area contributed by atoms with Gasteiger partial charge in [0.05, 0.1) is 36.4 Å². The standard InChI is InChI=1S/C25H30N4O4S/c1-28(2)24(18-7-5-4-6-8-18)16-26-25(30)22-15-23(19-9-11-21(33-3)12-10-19)29(27-22)20-13-14-34(31,32)17-20/h4-12,15,20,24H,13-14,16-17H2,1-3H3,(H,26,30)/t20-,24+/m1/s1. The fraction of sp³-hybridized carbons (Fsp3) is 0.360. The summed E-state index contributed by atoms with van der Waals surface area (Å²) in [6.45, 7) is 0.415. The summed E-state index contributed by atoms with van der Waals surface area (Å²) in [6, 6.07) is 18.9. The molecule has 3 aromatic rings. The molecule has 8 nitrogen and oxygen atoms in total. The largest absolute Gasteiger partial charge is 0.497 e. The Balaban J connectivity index is 1.60. The Morgan fingerprint density at radius 3 is 2.47 bits per heavy atom. The van der Waals surface area contributed by atoms with Crippen LogP contribution in [0.15, 0.2) is 60.7 Å². The van der Waals surface area contributed by atoms with Crippen molar-refractivity contribution in [2.24, 2.45) is 0 Å². The Bertz CT molecular complexity index is 1240. The third kappa shape index (κ3) is 5.31. The van der Waals surface area contributed by atoms with Crippen molar-refractivity contribution in [2.75, 3.05) is 39.3 Å². The van der Waals surface area contributed by atoms with E-state index in [4.69, 9.17) is 4.74 Å². The molecule has 1 fully saturated rings. The lowest BCUT2D eigenvalue weighted by atomic mass is 10.1. The Morgan fingerprint density at radius 2 is 1.88 bits per heavy atom. The van der Waals surface area contributed by atoms with Gasteiger partial charge in [0.1, 0.15) is 5.75 Å². The topological polar surface area (TPSA) is 93.5 Å². The van der Waals surface area contributed by atoms with Crippen LogP contribution in [-0.2, 0) is 9.84 Å². The molecular weight excluding hydrogens is 452 g/mol. The molecular formula is C25H30N4O4S. The first-order chi connectivity index (χ1) is 16.3. The van der Waals surface area contributed by atoms with E-state index in [9.17, 15) is 13.2 Å². The second-order valence-corrected chi connectivity index (χ2v) is 11.0. The first-order valence-corrected chi connectivity index (χ1v) is 13.0. The van der Waals surface area contributed by atoms with E-state index >= 15 is 0 Å². The van der Waals surface area contributed by atoms with Gasteiger partial charge in [-0.1, -0.05) is 30.3 Å². The highest BCUT2D eigenvalue weighted by molar-refractivity contribution is 7.91. The molecule has 1 N–H and O–H groups in total. The van der Waals surface area contributed by atoms with Crippen LogP contribution in [-0.4, -0.2) is 68.3 Å². The van der Waals surface area contributed by atoms with Gasteiger partial charge in [0.2, 0.25) is 0 Å². The van der Waals surface area contributed by atoms with Crippen molar-refractivity contribution in [3.05, 3.63) is 71.9 Å². The molecule has 1 aliphatic heterocycles. The zero-order valence-corrected chi connectivity index (χ0v) is 20.5. The number of hydrogen-bond acceptors (Lipinski definition) is 6. The number of hydrogen-bond donors (Lipinski definition) is 1. The van der Waals surface area contributed by atoms with E-state index in [0.29, 0.717) is 24.4 Å². The second kappa shape index (κ2) is 9.99. The molecule has 0 radical (unpaired) electrons. The summed E-state index contributed by atoms with van der Waals surface area (Å²) < 4.78 is 31.2. The number of carbonyl (C=O) groups is 1. The summed E-state index contributed by atoms with van der Waals surface area (Å²) in [6.07, 6.45) is 0.477. The van der Waals surface area contributed by atoms with E-state index in [2.05, 4.69) is 15.3 Å². The lowest BCUT2D eigenvalue weighted by Crippen LogP contribution is -2.34.